The topological polar surface area (TPSA) is 51.4 Å². The zero-order chi connectivity index (χ0) is 20.3. The minimum absolute atomic E-state index is 0.0479. The summed E-state index contributed by atoms with van der Waals surface area (Å²) in [6, 6.07) is 10.4. The minimum Gasteiger partial charge on any atom is -0.420 e. The van der Waals surface area contributed by atoms with E-state index in [9.17, 15) is 13.2 Å². The molecule has 0 saturated carbocycles. The Morgan fingerprint density at radius 2 is 1.89 bits per heavy atom. The third kappa shape index (κ3) is 4.40. The first-order valence-electron chi connectivity index (χ1n) is 8.23. The van der Waals surface area contributed by atoms with Gasteiger partial charge in [0.2, 0.25) is 0 Å². The Balaban J connectivity index is 1.95. The zero-order valence-corrected chi connectivity index (χ0v) is 15.7. The Morgan fingerprint density at radius 3 is 2.54 bits per heavy atom. The van der Waals surface area contributed by atoms with Crippen molar-refractivity contribution in [3.05, 3.63) is 64.5 Å². The highest BCUT2D eigenvalue weighted by Crippen LogP contribution is 2.37. The molecular weight excluding hydrogens is 389 g/mol. The predicted octanol–water partition coefficient (Wildman–Crippen LogP) is 6.77. The van der Waals surface area contributed by atoms with Crippen molar-refractivity contribution in [3.63, 3.8) is 0 Å². The SMILES string of the molecule is [C-]#[N+]c1ccc(Nc2nc(C(F)(F)F)cs2)c(Oc2ccccc2C(C)C)n1. The van der Waals surface area contributed by atoms with Gasteiger partial charge in [0.05, 0.1) is 0 Å². The number of hydrogen-bond donors (Lipinski definition) is 1. The lowest BCUT2D eigenvalue weighted by Crippen LogP contribution is -2.05. The number of hydrogen-bond acceptors (Lipinski definition) is 5. The van der Waals surface area contributed by atoms with Crippen molar-refractivity contribution < 1.29 is 17.9 Å². The van der Waals surface area contributed by atoms with E-state index in [0.717, 1.165) is 22.3 Å². The number of ether oxygens (including phenoxy) is 1. The van der Waals surface area contributed by atoms with Crippen LogP contribution in [0.3, 0.4) is 0 Å². The molecule has 0 aliphatic heterocycles. The monoisotopic (exact) mass is 404 g/mol. The summed E-state index contributed by atoms with van der Waals surface area (Å²) in [7, 11) is 0. The largest absolute Gasteiger partial charge is 0.434 e. The first kappa shape index (κ1) is 19.6. The van der Waals surface area contributed by atoms with Gasteiger partial charge in [-0.15, -0.1) is 11.3 Å². The zero-order valence-electron chi connectivity index (χ0n) is 14.9. The van der Waals surface area contributed by atoms with E-state index in [2.05, 4.69) is 20.1 Å². The fourth-order valence-electron chi connectivity index (χ4n) is 2.40. The highest BCUT2D eigenvalue weighted by Gasteiger charge is 2.34. The van der Waals surface area contributed by atoms with Crippen molar-refractivity contribution in [2.75, 3.05) is 5.32 Å². The molecule has 3 rings (SSSR count). The molecule has 5 nitrogen and oxygen atoms in total. The van der Waals surface area contributed by atoms with E-state index in [0.29, 0.717) is 11.4 Å². The second-order valence-corrected chi connectivity index (χ2v) is 6.95. The van der Waals surface area contributed by atoms with Crippen LogP contribution in [0.1, 0.15) is 31.0 Å². The summed E-state index contributed by atoms with van der Waals surface area (Å²) in [4.78, 5) is 11.0. The molecule has 2 heterocycles. The summed E-state index contributed by atoms with van der Waals surface area (Å²) in [6.45, 7) is 11.2. The maximum atomic E-state index is 12.8. The number of rotatable bonds is 5. The van der Waals surface area contributed by atoms with Crippen molar-refractivity contribution in [1.29, 1.82) is 0 Å². The average Bonchev–Trinajstić information content (AvgIpc) is 3.12. The van der Waals surface area contributed by atoms with E-state index < -0.39 is 11.9 Å². The molecule has 0 fully saturated rings. The number of anilines is 2. The number of halogens is 3. The Hall–Kier alpha value is -3.12. The Bertz CT molecular complexity index is 1020. The number of nitrogens with zero attached hydrogens (tertiary/aromatic N) is 3. The summed E-state index contributed by atoms with van der Waals surface area (Å²) in [5, 5.41) is 3.78. The van der Waals surface area contributed by atoms with Gasteiger partial charge in [0.1, 0.15) is 11.4 Å². The standard InChI is InChI=1S/C19H15F3N4OS/c1-11(2)12-6-4-5-7-14(12)27-17-13(8-9-16(23-3)26-17)24-18-25-15(10-28-18)19(20,21)22/h4-11H,1-2H3,(H,24,25). The van der Waals surface area contributed by atoms with Crippen LogP contribution in [0, 0.1) is 6.57 Å². The molecule has 3 aromatic rings. The van der Waals surface area contributed by atoms with Crippen molar-refractivity contribution in [2.45, 2.75) is 25.9 Å². The van der Waals surface area contributed by atoms with Gasteiger partial charge in [-0.2, -0.15) is 13.2 Å². The van der Waals surface area contributed by atoms with Gasteiger partial charge in [0.15, 0.2) is 10.8 Å². The summed E-state index contributed by atoms with van der Waals surface area (Å²) >= 11 is 0.818. The first-order valence-corrected chi connectivity index (χ1v) is 9.11. The second-order valence-electron chi connectivity index (χ2n) is 6.09. The summed E-state index contributed by atoms with van der Waals surface area (Å²) in [5.74, 6) is 0.943. The van der Waals surface area contributed by atoms with Gasteiger partial charge in [0.25, 0.3) is 5.82 Å². The summed E-state index contributed by atoms with van der Waals surface area (Å²) in [5.41, 5.74) is 0.282. The molecule has 0 spiro atoms. The lowest BCUT2D eigenvalue weighted by atomic mass is 10.0. The highest BCUT2D eigenvalue weighted by molar-refractivity contribution is 7.13. The highest BCUT2D eigenvalue weighted by atomic mass is 32.1. The molecule has 0 unspecified atom stereocenters. The molecule has 0 aliphatic carbocycles. The van der Waals surface area contributed by atoms with Gasteiger partial charge >= 0.3 is 12.1 Å². The molecule has 0 atom stereocenters. The van der Waals surface area contributed by atoms with Gasteiger partial charge in [-0.3, -0.25) is 0 Å². The summed E-state index contributed by atoms with van der Waals surface area (Å²) in [6.07, 6.45) is -4.52. The molecule has 28 heavy (non-hydrogen) atoms. The van der Waals surface area contributed by atoms with Gasteiger partial charge < -0.3 is 14.9 Å². The van der Waals surface area contributed by atoms with Crippen LogP contribution >= 0.6 is 11.3 Å². The third-order valence-corrected chi connectivity index (χ3v) is 4.50. The van der Waals surface area contributed by atoms with Gasteiger partial charge in [-0.1, -0.05) is 43.6 Å². The maximum absolute atomic E-state index is 12.8. The van der Waals surface area contributed by atoms with Gasteiger partial charge in [0, 0.05) is 5.38 Å². The van der Waals surface area contributed by atoms with Crippen molar-refractivity contribution in [3.8, 4) is 11.6 Å². The molecular formula is C19H15F3N4OS. The predicted molar refractivity (Wildman–Crippen MR) is 102 cm³/mol. The number of nitrogens with one attached hydrogen (secondary N) is 1. The van der Waals surface area contributed by atoms with Crippen LogP contribution in [0.15, 0.2) is 41.8 Å². The molecule has 1 aromatic carbocycles. The molecule has 1 N–H and O–H groups in total. The number of thiazole rings is 1. The molecule has 0 aliphatic rings. The second kappa shape index (κ2) is 7.86. The Kier molecular flexibility index (Phi) is 5.51. The third-order valence-electron chi connectivity index (χ3n) is 3.74. The number of aromatic nitrogens is 2. The molecule has 0 bridgehead atoms. The van der Waals surface area contributed by atoms with Gasteiger partial charge in [-0.25, -0.2) is 4.98 Å². The fourth-order valence-corrected chi connectivity index (χ4v) is 3.13. The molecule has 2 aromatic heterocycles. The molecule has 0 amide bonds. The van der Waals surface area contributed by atoms with Crippen LogP contribution in [0.25, 0.3) is 4.85 Å². The average molecular weight is 404 g/mol. The number of benzene rings is 1. The normalized spacial score (nSPS) is 11.3. The van der Waals surface area contributed by atoms with E-state index in [1.807, 2.05) is 32.0 Å². The smallest absolute Gasteiger partial charge is 0.420 e. The number of para-hydroxylation sites is 1. The lowest BCUT2D eigenvalue weighted by molar-refractivity contribution is -0.140. The first-order chi connectivity index (χ1) is 13.3. The number of pyridine rings is 1. The fraction of sp³-hybridized carbons (Fsp3) is 0.211. The van der Waals surface area contributed by atoms with Crippen LogP contribution in [0.4, 0.5) is 29.8 Å². The van der Waals surface area contributed by atoms with Crippen molar-refractivity contribution in [1.82, 2.24) is 9.97 Å². The quantitative estimate of drug-likeness (QED) is 0.477. The molecule has 144 valence electrons. The van der Waals surface area contributed by atoms with E-state index >= 15 is 0 Å². The van der Waals surface area contributed by atoms with Crippen LogP contribution < -0.4 is 10.1 Å². The van der Waals surface area contributed by atoms with E-state index in [1.54, 1.807) is 6.07 Å². The lowest BCUT2D eigenvalue weighted by Gasteiger charge is -2.13. The number of alkyl halides is 3. The van der Waals surface area contributed by atoms with Gasteiger partial charge in [-0.05, 0) is 29.7 Å². The molecule has 0 radical (unpaired) electrons. The summed E-state index contributed by atoms with van der Waals surface area (Å²) < 4.78 is 44.2. The maximum Gasteiger partial charge on any atom is 0.434 e. The molecule has 9 heteroatoms. The van der Waals surface area contributed by atoms with E-state index in [-0.39, 0.29) is 22.7 Å². The van der Waals surface area contributed by atoms with Crippen molar-refractivity contribution >= 4 is 28.0 Å². The minimum atomic E-state index is -4.52. The molecule has 0 saturated heterocycles. The van der Waals surface area contributed by atoms with Crippen LogP contribution in [-0.2, 0) is 6.18 Å². The van der Waals surface area contributed by atoms with Crippen LogP contribution in [0.5, 0.6) is 11.6 Å². The van der Waals surface area contributed by atoms with Crippen LogP contribution in [0.2, 0.25) is 0 Å². The van der Waals surface area contributed by atoms with Crippen LogP contribution in [-0.4, -0.2) is 9.97 Å². The Morgan fingerprint density at radius 1 is 1.14 bits per heavy atom. The van der Waals surface area contributed by atoms with Crippen molar-refractivity contribution in [2.24, 2.45) is 0 Å². The van der Waals surface area contributed by atoms with E-state index in [1.165, 1.54) is 12.1 Å². The van der Waals surface area contributed by atoms with E-state index in [4.69, 9.17) is 11.3 Å². The Labute approximate surface area is 163 Å².